The fourth-order valence-corrected chi connectivity index (χ4v) is 6.05. The number of anilines is 2. The summed E-state index contributed by atoms with van der Waals surface area (Å²) >= 11 is 7.56. The van der Waals surface area contributed by atoms with Gasteiger partial charge in [0.1, 0.15) is 10.7 Å². The number of rotatable bonds is 5. The summed E-state index contributed by atoms with van der Waals surface area (Å²) in [6.45, 7) is 1.25. The van der Waals surface area contributed by atoms with E-state index in [-0.39, 0.29) is 32.6 Å². The molecule has 0 aliphatic heterocycles. The van der Waals surface area contributed by atoms with Crippen LogP contribution in [0.2, 0.25) is 5.02 Å². The molecule has 4 N–H and O–H groups in total. The van der Waals surface area contributed by atoms with Gasteiger partial charge in [-0.15, -0.1) is 11.3 Å². The lowest BCUT2D eigenvalue weighted by molar-refractivity contribution is 0.281. The van der Waals surface area contributed by atoms with Gasteiger partial charge in [-0.05, 0) is 36.2 Å². The molecule has 0 spiro atoms. The van der Waals surface area contributed by atoms with E-state index in [1.54, 1.807) is 42.8 Å². The SMILES string of the molecule is Cc1cc(CO)c(Cl)c(S(=O)(=O)Nc2cccc(-c3csc4ccnc(N)c34)c2F)c1. The number of pyridine rings is 1. The summed E-state index contributed by atoms with van der Waals surface area (Å²) in [6.07, 6.45) is 1.57. The lowest BCUT2D eigenvalue weighted by Crippen LogP contribution is -2.15. The molecule has 0 aliphatic rings. The van der Waals surface area contributed by atoms with Crippen LogP contribution in [0.4, 0.5) is 15.9 Å². The smallest absolute Gasteiger partial charge is 0.263 e. The first kappa shape index (κ1) is 21.5. The number of sulfonamides is 1. The number of nitrogens with one attached hydrogen (secondary N) is 1. The molecule has 160 valence electrons. The molecule has 0 amide bonds. The maximum absolute atomic E-state index is 15.4. The van der Waals surface area contributed by atoms with E-state index < -0.39 is 22.4 Å². The zero-order valence-corrected chi connectivity index (χ0v) is 18.6. The van der Waals surface area contributed by atoms with Gasteiger partial charge in [0.2, 0.25) is 0 Å². The average molecular weight is 478 g/mol. The van der Waals surface area contributed by atoms with E-state index in [1.165, 1.54) is 23.5 Å². The molecule has 0 saturated carbocycles. The predicted molar refractivity (Wildman–Crippen MR) is 122 cm³/mol. The lowest BCUT2D eigenvalue weighted by atomic mass is 10.0. The van der Waals surface area contributed by atoms with Gasteiger partial charge in [0.25, 0.3) is 10.0 Å². The van der Waals surface area contributed by atoms with E-state index in [4.69, 9.17) is 17.3 Å². The summed E-state index contributed by atoms with van der Waals surface area (Å²) in [5, 5.41) is 11.7. The van der Waals surface area contributed by atoms with E-state index >= 15 is 4.39 Å². The first-order valence-electron chi connectivity index (χ1n) is 9.06. The van der Waals surface area contributed by atoms with Gasteiger partial charge in [-0.3, -0.25) is 4.72 Å². The predicted octanol–water partition coefficient (Wildman–Crippen LogP) is 4.94. The Hall–Kier alpha value is -2.72. The molecule has 6 nitrogen and oxygen atoms in total. The fraction of sp³-hybridized carbons (Fsp3) is 0.0952. The zero-order chi connectivity index (χ0) is 22.3. The molecular formula is C21H17ClFN3O3S2. The number of nitrogen functional groups attached to an aromatic ring is 1. The van der Waals surface area contributed by atoms with Crippen molar-refractivity contribution in [2.75, 3.05) is 10.5 Å². The minimum absolute atomic E-state index is 0.111. The Balaban J connectivity index is 1.80. The van der Waals surface area contributed by atoms with Crippen LogP contribution in [0.25, 0.3) is 21.2 Å². The third kappa shape index (κ3) is 3.85. The van der Waals surface area contributed by atoms with Crippen molar-refractivity contribution in [2.24, 2.45) is 0 Å². The Labute approximate surface area is 187 Å². The highest BCUT2D eigenvalue weighted by atomic mass is 35.5. The first-order valence-corrected chi connectivity index (χ1v) is 11.8. The summed E-state index contributed by atoms with van der Waals surface area (Å²) in [6, 6.07) is 9.15. The first-order chi connectivity index (χ1) is 14.7. The van der Waals surface area contributed by atoms with E-state index in [0.717, 1.165) is 4.70 Å². The third-order valence-electron chi connectivity index (χ3n) is 4.77. The van der Waals surface area contributed by atoms with Crippen LogP contribution in [-0.2, 0) is 16.6 Å². The minimum Gasteiger partial charge on any atom is -0.392 e. The molecule has 4 aromatic rings. The second kappa shape index (κ2) is 8.08. The van der Waals surface area contributed by atoms with Crippen molar-refractivity contribution < 1.29 is 17.9 Å². The molecule has 0 aliphatic carbocycles. The molecule has 0 unspecified atom stereocenters. The molecule has 2 aromatic heterocycles. The number of aryl methyl sites for hydroxylation is 1. The third-order valence-corrected chi connectivity index (χ3v) is 7.66. The number of nitrogens with zero attached hydrogens (tertiary/aromatic N) is 1. The van der Waals surface area contributed by atoms with Crippen molar-refractivity contribution in [1.82, 2.24) is 4.98 Å². The van der Waals surface area contributed by atoms with Crippen LogP contribution >= 0.6 is 22.9 Å². The van der Waals surface area contributed by atoms with Crippen molar-refractivity contribution in [2.45, 2.75) is 18.4 Å². The molecule has 31 heavy (non-hydrogen) atoms. The molecule has 0 fully saturated rings. The van der Waals surface area contributed by atoms with Gasteiger partial charge in [-0.25, -0.2) is 17.8 Å². The van der Waals surface area contributed by atoms with Gasteiger partial charge in [0.05, 0.1) is 17.3 Å². The van der Waals surface area contributed by atoms with Crippen molar-refractivity contribution in [3.63, 3.8) is 0 Å². The summed E-state index contributed by atoms with van der Waals surface area (Å²) < 4.78 is 44.5. The summed E-state index contributed by atoms with van der Waals surface area (Å²) in [7, 11) is -4.23. The van der Waals surface area contributed by atoms with Crippen molar-refractivity contribution >= 4 is 54.6 Å². The number of benzene rings is 2. The Morgan fingerprint density at radius 1 is 1.26 bits per heavy atom. The van der Waals surface area contributed by atoms with Gasteiger partial charge in [-0.1, -0.05) is 29.8 Å². The normalized spacial score (nSPS) is 11.7. The van der Waals surface area contributed by atoms with E-state index in [0.29, 0.717) is 16.5 Å². The van der Waals surface area contributed by atoms with Crippen molar-refractivity contribution in [3.05, 3.63) is 69.9 Å². The second-order valence-electron chi connectivity index (χ2n) is 6.89. The van der Waals surface area contributed by atoms with E-state index in [2.05, 4.69) is 9.71 Å². The van der Waals surface area contributed by atoms with Crippen LogP contribution in [0.15, 0.2) is 52.9 Å². The summed E-state index contributed by atoms with van der Waals surface area (Å²) in [5.41, 5.74) is 7.34. The second-order valence-corrected chi connectivity index (χ2v) is 9.83. The van der Waals surface area contributed by atoms with Gasteiger partial charge in [-0.2, -0.15) is 0 Å². The Bertz CT molecular complexity index is 1420. The lowest BCUT2D eigenvalue weighted by Gasteiger charge is -2.14. The Kier molecular flexibility index (Phi) is 5.61. The van der Waals surface area contributed by atoms with E-state index in [1.807, 2.05) is 0 Å². The molecule has 2 aromatic carbocycles. The Morgan fingerprint density at radius 3 is 2.77 bits per heavy atom. The summed E-state index contributed by atoms with van der Waals surface area (Å²) in [5.74, 6) is -0.484. The average Bonchev–Trinajstić information content (AvgIpc) is 3.16. The topological polar surface area (TPSA) is 105 Å². The highest BCUT2D eigenvalue weighted by Crippen LogP contribution is 2.39. The minimum atomic E-state index is -4.23. The molecule has 0 saturated heterocycles. The van der Waals surface area contributed by atoms with Crippen LogP contribution in [-0.4, -0.2) is 18.5 Å². The largest absolute Gasteiger partial charge is 0.392 e. The number of nitrogens with two attached hydrogens (primary N) is 1. The molecular weight excluding hydrogens is 461 g/mol. The number of aliphatic hydroxyl groups excluding tert-OH is 1. The molecule has 0 radical (unpaired) electrons. The van der Waals surface area contributed by atoms with Gasteiger partial charge < -0.3 is 10.8 Å². The van der Waals surface area contributed by atoms with E-state index in [9.17, 15) is 13.5 Å². The van der Waals surface area contributed by atoms with Crippen LogP contribution < -0.4 is 10.5 Å². The number of aromatic nitrogens is 1. The highest BCUT2D eigenvalue weighted by molar-refractivity contribution is 7.92. The maximum Gasteiger partial charge on any atom is 0.263 e. The molecule has 10 heteroatoms. The van der Waals surface area contributed by atoms with Crippen LogP contribution in [0, 0.1) is 12.7 Å². The van der Waals surface area contributed by atoms with Crippen LogP contribution in [0.1, 0.15) is 11.1 Å². The fourth-order valence-electron chi connectivity index (χ4n) is 3.35. The quantitative estimate of drug-likeness (QED) is 0.377. The van der Waals surface area contributed by atoms with Crippen LogP contribution in [0.5, 0.6) is 0 Å². The monoisotopic (exact) mass is 477 g/mol. The van der Waals surface area contributed by atoms with Gasteiger partial charge in [0.15, 0.2) is 5.82 Å². The molecule has 4 rings (SSSR count). The number of hydrogen-bond donors (Lipinski definition) is 3. The van der Waals surface area contributed by atoms with Crippen molar-refractivity contribution in [1.29, 1.82) is 0 Å². The molecule has 0 atom stereocenters. The number of aliphatic hydroxyl groups is 1. The molecule has 0 bridgehead atoms. The number of hydrogen-bond acceptors (Lipinski definition) is 6. The maximum atomic E-state index is 15.4. The van der Waals surface area contributed by atoms with Gasteiger partial charge >= 0.3 is 0 Å². The zero-order valence-electron chi connectivity index (χ0n) is 16.2. The number of halogens is 2. The van der Waals surface area contributed by atoms with Crippen LogP contribution in [0.3, 0.4) is 0 Å². The highest BCUT2D eigenvalue weighted by Gasteiger charge is 2.24. The number of thiophene rings is 1. The summed E-state index contributed by atoms with van der Waals surface area (Å²) in [4.78, 5) is 3.83. The number of fused-ring (bicyclic) bond motifs is 1. The Morgan fingerprint density at radius 2 is 2.03 bits per heavy atom. The molecule has 2 heterocycles. The standard InChI is InChI=1S/C21H17ClFN3O3S2/c1-11-7-12(9-27)19(22)17(8-11)31(28,29)26-15-4-2-3-13(20(15)23)14-10-30-16-5-6-25-21(24)18(14)16/h2-8,10,26-27H,9H2,1H3,(H2,24,25). The van der Waals surface area contributed by atoms with Gasteiger partial charge in [0, 0.05) is 32.8 Å². The van der Waals surface area contributed by atoms with Crippen molar-refractivity contribution in [3.8, 4) is 11.1 Å².